The number of benzene rings is 2. The molecule has 172 valence electrons. The molecule has 3 heterocycles. The van der Waals surface area contributed by atoms with E-state index in [1.54, 1.807) is 11.8 Å². The summed E-state index contributed by atoms with van der Waals surface area (Å²) >= 11 is 1.59. The molecule has 0 spiro atoms. The Hall–Kier alpha value is -2.84. The fourth-order valence-electron chi connectivity index (χ4n) is 4.16. The molecule has 1 saturated heterocycles. The van der Waals surface area contributed by atoms with Gasteiger partial charge in [0.05, 0.1) is 23.4 Å². The van der Waals surface area contributed by atoms with Crippen LogP contribution >= 0.6 is 11.8 Å². The Labute approximate surface area is 198 Å². The summed E-state index contributed by atoms with van der Waals surface area (Å²) < 4.78 is 13.9. The largest absolute Gasteiger partial charge is 0.494 e. The highest BCUT2D eigenvalue weighted by atomic mass is 32.2. The van der Waals surface area contributed by atoms with Crippen molar-refractivity contribution in [3.63, 3.8) is 0 Å². The lowest BCUT2D eigenvalue weighted by Crippen LogP contribution is -2.31. The molecule has 0 aliphatic carbocycles. The molecule has 1 aliphatic heterocycles. The van der Waals surface area contributed by atoms with E-state index in [2.05, 4.69) is 30.7 Å². The predicted molar refractivity (Wildman–Crippen MR) is 130 cm³/mol. The second-order valence-electron chi connectivity index (χ2n) is 8.36. The highest BCUT2D eigenvalue weighted by molar-refractivity contribution is 7.98. The van der Waals surface area contributed by atoms with Gasteiger partial charge in [-0.05, 0) is 68.8 Å². The SMILES string of the molecule is Cn1c(SCc2nnc(-c3ccc(OCCCN4CCCCC4)cc3)o2)nc2ccccc21. The Bertz CT molecular complexity index is 1180. The molecule has 5 rings (SSSR count). The first-order valence-electron chi connectivity index (χ1n) is 11.6. The summed E-state index contributed by atoms with van der Waals surface area (Å²) in [5.74, 6) is 2.55. The maximum absolute atomic E-state index is 5.91. The molecule has 7 nitrogen and oxygen atoms in total. The molecule has 1 fully saturated rings. The quantitative estimate of drug-likeness (QED) is 0.250. The zero-order valence-electron chi connectivity index (χ0n) is 18.9. The van der Waals surface area contributed by atoms with Crippen LogP contribution in [-0.2, 0) is 12.8 Å². The lowest BCUT2D eigenvalue weighted by Gasteiger charge is -2.26. The van der Waals surface area contributed by atoms with Crippen LogP contribution < -0.4 is 4.74 Å². The van der Waals surface area contributed by atoms with E-state index >= 15 is 0 Å². The highest BCUT2D eigenvalue weighted by Crippen LogP contribution is 2.27. The highest BCUT2D eigenvalue weighted by Gasteiger charge is 2.13. The van der Waals surface area contributed by atoms with Crippen molar-refractivity contribution in [1.29, 1.82) is 0 Å². The minimum Gasteiger partial charge on any atom is -0.494 e. The average molecular weight is 464 g/mol. The number of para-hydroxylation sites is 2. The first-order valence-corrected chi connectivity index (χ1v) is 12.6. The Morgan fingerprint density at radius 2 is 1.82 bits per heavy atom. The number of aryl methyl sites for hydroxylation is 1. The van der Waals surface area contributed by atoms with Crippen LogP contribution in [0.4, 0.5) is 0 Å². The van der Waals surface area contributed by atoms with Crippen LogP contribution in [0.1, 0.15) is 31.6 Å². The number of imidazole rings is 1. The van der Waals surface area contributed by atoms with Gasteiger partial charge in [0.2, 0.25) is 11.8 Å². The second kappa shape index (κ2) is 10.4. The summed E-state index contributed by atoms with van der Waals surface area (Å²) in [4.78, 5) is 7.22. The van der Waals surface area contributed by atoms with Gasteiger partial charge in [-0.25, -0.2) is 4.98 Å². The van der Waals surface area contributed by atoms with Crippen molar-refractivity contribution in [1.82, 2.24) is 24.6 Å². The van der Waals surface area contributed by atoms with Gasteiger partial charge in [-0.2, -0.15) is 0 Å². The molecule has 2 aromatic heterocycles. The molecule has 0 radical (unpaired) electrons. The van der Waals surface area contributed by atoms with Gasteiger partial charge in [0.1, 0.15) is 5.75 Å². The Kier molecular flexibility index (Phi) is 6.92. The van der Waals surface area contributed by atoms with Crippen LogP contribution in [0.15, 0.2) is 58.1 Å². The number of ether oxygens (including phenoxy) is 1. The summed E-state index contributed by atoms with van der Waals surface area (Å²) in [6, 6.07) is 16.0. The van der Waals surface area contributed by atoms with E-state index < -0.39 is 0 Å². The number of aromatic nitrogens is 4. The summed E-state index contributed by atoms with van der Waals surface area (Å²) in [5.41, 5.74) is 2.99. The van der Waals surface area contributed by atoms with Gasteiger partial charge in [-0.15, -0.1) is 10.2 Å². The Balaban J connectivity index is 1.12. The molecule has 4 aromatic rings. The number of hydrogen-bond acceptors (Lipinski definition) is 7. The standard InChI is InChI=1S/C25H29N5O2S/c1-29-22-9-4-3-8-21(22)26-25(29)33-18-23-27-28-24(32-23)19-10-12-20(13-11-19)31-17-7-16-30-14-5-2-6-15-30/h3-4,8-13H,2,5-7,14-18H2,1H3. The van der Waals surface area contributed by atoms with Gasteiger partial charge >= 0.3 is 0 Å². The monoisotopic (exact) mass is 463 g/mol. The van der Waals surface area contributed by atoms with Crippen molar-refractivity contribution < 1.29 is 9.15 Å². The molecule has 0 atom stereocenters. The lowest BCUT2D eigenvalue weighted by atomic mass is 10.1. The first kappa shape index (κ1) is 22.0. The minimum atomic E-state index is 0.521. The zero-order valence-corrected chi connectivity index (χ0v) is 19.8. The lowest BCUT2D eigenvalue weighted by molar-refractivity contribution is 0.205. The number of likely N-dealkylation sites (tertiary alicyclic amines) is 1. The van der Waals surface area contributed by atoms with Gasteiger partial charge in [0.15, 0.2) is 5.16 Å². The molecule has 2 aromatic carbocycles. The second-order valence-corrected chi connectivity index (χ2v) is 9.30. The van der Waals surface area contributed by atoms with Gasteiger partial charge < -0.3 is 18.6 Å². The van der Waals surface area contributed by atoms with Crippen molar-refractivity contribution in [3.8, 4) is 17.2 Å². The number of rotatable bonds is 9. The van der Waals surface area contributed by atoms with Gasteiger partial charge in [-0.3, -0.25) is 0 Å². The van der Waals surface area contributed by atoms with Crippen molar-refractivity contribution in [2.75, 3.05) is 26.2 Å². The van der Waals surface area contributed by atoms with Crippen molar-refractivity contribution in [2.45, 2.75) is 36.6 Å². The third-order valence-corrected chi connectivity index (χ3v) is 6.99. The van der Waals surface area contributed by atoms with Gasteiger partial charge in [0, 0.05) is 19.2 Å². The summed E-state index contributed by atoms with van der Waals surface area (Å²) in [6.45, 7) is 4.32. The van der Waals surface area contributed by atoms with Crippen molar-refractivity contribution >= 4 is 22.8 Å². The van der Waals surface area contributed by atoms with Crippen molar-refractivity contribution in [2.24, 2.45) is 7.05 Å². The smallest absolute Gasteiger partial charge is 0.247 e. The maximum Gasteiger partial charge on any atom is 0.247 e. The number of nitrogens with zero attached hydrogens (tertiary/aromatic N) is 5. The van der Waals surface area contributed by atoms with Crippen LogP contribution in [-0.4, -0.2) is 50.9 Å². The molecule has 0 amide bonds. The third-order valence-electron chi connectivity index (χ3n) is 5.98. The Morgan fingerprint density at radius 1 is 1.00 bits per heavy atom. The fraction of sp³-hybridized carbons (Fsp3) is 0.400. The van der Waals surface area contributed by atoms with E-state index in [0.29, 0.717) is 17.5 Å². The average Bonchev–Trinajstić information content (AvgIpc) is 3.46. The third kappa shape index (κ3) is 5.39. The molecule has 1 aliphatic rings. The molecular formula is C25H29N5O2S. The van der Waals surface area contributed by atoms with Crippen LogP contribution in [0, 0.1) is 0 Å². The van der Waals surface area contributed by atoms with E-state index in [1.807, 2.05) is 49.5 Å². The van der Waals surface area contributed by atoms with Crippen molar-refractivity contribution in [3.05, 3.63) is 54.4 Å². The summed E-state index contributed by atoms with van der Waals surface area (Å²) in [5, 5.41) is 9.35. The van der Waals surface area contributed by atoms with E-state index in [9.17, 15) is 0 Å². The number of thioether (sulfide) groups is 1. The molecule has 0 unspecified atom stereocenters. The molecule has 0 saturated carbocycles. The zero-order chi connectivity index (χ0) is 22.5. The number of piperidine rings is 1. The molecule has 0 bridgehead atoms. The summed E-state index contributed by atoms with van der Waals surface area (Å²) in [7, 11) is 2.02. The molecule has 8 heteroatoms. The van der Waals surface area contributed by atoms with Crippen LogP contribution in [0.25, 0.3) is 22.5 Å². The van der Waals surface area contributed by atoms with Gasteiger partial charge in [0.25, 0.3) is 0 Å². The maximum atomic E-state index is 5.91. The van der Waals surface area contributed by atoms with E-state index in [0.717, 1.165) is 47.1 Å². The predicted octanol–water partition coefficient (Wildman–Crippen LogP) is 5.17. The topological polar surface area (TPSA) is 69.2 Å². The normalized spacial score (nSPS) is 14.7. The number of hydrogen-bond donors (Lipinski definition) is 0. The fourth-order valence-corrected chi connectivity index (χ4v) is 4.99. The van der Waals surface area contributed by atoms with Crippen LogP contribution in [0.5, 0.6) is 5.75 Å². The molecule has 33 heavy (non-hydrogen) atoms. The molecular weight excluding hydrogens is 434 g/mol. The number of fused-ring (bicyclic) bond motifs is 1. The van der Waals surface area contributed by atoms with E-state index in [-0.39, 0.29) is 0 Å². The van der Waals surface area contributed by atoms with Crippen LogP contribution in [0.2, 0.25) is 0 Å². The minimum absolute atomic E-state index is 0.521. The molecule has 0 N–H and O–H groups in total. The van der Waals surface area contributed by atoms with E-state index in [4.69, 9.17) is 9.15 Å². The van der Waals surface area contributed by atoms with Gasteiger partial charge in [-0.1, -0.05) is 30.3 Å². The van der Waals surface area contributed by atoms with Crippen LogP contribution in [0.3, 0.4) is 0 Å². The first-order chi connectivity index (χ1) is 16.3. The van der Waals surface area contributed by atoms with E-state index in [1.165, 1.54) is 32.4 Å². The summed E-state index contributed by atoms with van der Waals surface area (Å²) in [6.07, 6.45) is 5.09. The Morgan fingerprint density at radius 3 is 2.64 bits per heavy atom.